The summed E-state index contributed by atoms with van der Waals surface area (Å²) >= 11 is 11.7. The van der Waals surface area contributed by atoms with Crippen LogP contribution in [0.4, 0.5) is 18.9 Å². The van der Waals surface area contributed by atoms with Crippen LogP contribution in [-0.4, -0.2) is 18.2 Å². The van der Waals surface area contributed by atoms with Gasteiger partial charge in [-0.2, -0.15) is 18.3 Å². The summed E-state index contributed by atoms with van der Waals surface area (Å²) in [6.45, 7) is 3.66. The Balaban J connectivity index is 2.05. The Bertz CT molecular complexity index is 1210. The SMILES string of the molecule is Cc1cc(C)n(Cc2ccc(C(F)(F)F)cc2NS(=O)(=O)c2ccc(Cl)c(Cl)c2)n1. The molecule has 0 radical (unpaired) electrons. The number of hydrogen-bond acceptors (Lipinski definition) is 3. The molecule has 1 N–H and O–H groups in total. The van der Waals surface area contributed by atoms with Crippen LogP contribution >= 0.6 is 23.2 Å². The fourth-order valence-electron chi connectivity index (χ4n) is 2.83. The molecule has 0 spiro atoms. The van der Waals surface area contributed by atoms with E-state index in [1.165, 1.54) is 18.2 Å². The molecule has 0 fully saturated rings. The van der Waals surface area contributed by atoms with Gasteiger partial charge >= 0.3 is 6.18 Å². The van der Waals surface area contributed by atoms with Crippen molar-refractivity contribution < 1.29 is 21.6 Å². The molecule has 0 aliphatic heterocycles. The van der Waals surface area contributed by atoms with E-state index in [9.17, 15) is 21.6 Å². The highest BCUT2D eigenvalue weighted by Crippen LogP contribution is 2.34. The lowest BCUT2D eigenvalue weighted by Gasteiger charge is -2.16. The third-order valence-corrected chi connectivity index (χ3v) is 6.41. The number of hydrogen-bond donors (Lipinski definition) is 1. The minimum Gasteiger partial charge on any atom is -0.279 e. The Hall–Kier alpha value is -2.23. The summed E-state index contributed by atoms with van der Waals surface area (Å²) < 4.78 is 69.0. The number of nitrogens with zero attached hydrogens (tertiary/aromatic N) is 2. The smallest absolute Gasteiger partial charge is 0.279 e. The zero-order valence-electron chi connectivity index (χ0n) is 15.8. The Morgan fingerprint density at radius 3 is 2.30 bits per heavy atom. The first-order valence-electron chi connectivity index (χ1n) is 8.56. The van der Waals surface area contributed by atoms with Gasteiger partial charge in [0.15, 0.2) is 0 Å². The molecular weight excluding hydrogens is 462 g/mol. The van der Waals surface area contributed by atoms with E-state index in [4.69, 9.17) is 23.2 Å². The predicted octanol–water partition coefficient (Wildman–Crippen LogP) is 5.67. The highest BCUT2D eigenvalue weighted by molar-refractivity contribution is 7.92. The molecule has 0 saturated carbocycles. The number of anilines is 1. The molecule has 11 heteroatoms. The Morgan fingerprint density at radius 1 is 1.03 bits per heavy atom. The lowest BCUT2D eigenvalue weighted by Crippen LogP contribution is -2.17. The number of rotatable bonds is 5. The van der Waals surface area contributed by atoms with Gasteiger partial charge in [0.2, 0.25) is 0 Å². The van der Waals surface area contributed by atoms with Crippen LogP contribution in [0, 0.1) is 13.8 Å². The van der Waals surface area contributed by atoms with E-state index >= 15 is 0 Å². The molecule has 160 valence electrons. The second-order valence-corrected chi connectivity index (χ2v) is 9.13. The number of benzene rings is 2. The third kappa shape index (κ3) is 4.91. The predicted molar refractivity (Wildman–Crippen MR) is 110 cm³/mol. The molecule has 0 atom stereocenters. The minimum atomic E-state index is -4.64. The molecule has 3 rings (SSSR count). The molecule has 0 amide bonds. The fraction of sp³-hybridized carbons (Fsp3) is 0.211. The standard InChI is InChI=1S/C19H16Cl2F3N3O2S/c1-11-7-12(2)27(25-11)10-13-3-4-14(19(22,23)24)8-18(13)26-30(28,29)15-5-6-16(20)17(21)9-15/h3-9,26H,10H2,1-2H3. The highest BCUT2D eigenvalue weighted by Gasteiger charge is 2.31. The van der Waals surface area contributed by atoms with Crippen LogP contribution in [0.25, 0.3) is 0 Å². The molecule has 3 aromatic rings. The summed E-state index contributed by atoms with van der Waals surface area (Å²) in [7, 11) is -4.22. The van der Waals surface area contributed by atoms with Gasteiger partial charge < -0.3 is 0 Å². The second kappa shape index (κ2) is 8.13. The number of aryl methyl sites for hydroxylation is 2. The molecule has 2 aromatic carbocycles. The topological polar surface area (TPSA) is 64.0 Å². The van der Waals surface area contributed by atoms with Gasteiger partial charge in [0.1, 0.15) is 0 Å². The summed E-state index contributed by atoms with van der Waals surface area (Å²) in [5, 5.41) is 4.44. The van der Waals surface area contributed by atoms with E-state index in [0.717, 1.165) is 29.6 Å². The molecule has 0 bridgehead atoms. The van der Waals surface area contributed by atoms with Crippen LogP contribution in [0.1, 0.15) is 22.5 Å². The molecule has 5 nitrogen and oxygen atoms in total. The Kier molecular flexibility index (Phi) is 6.08. The van der Waals surface area contributed by atoms with Crippen LogP contribution in [0.5, 0.6) is 0 Å². The molecule has 1 heterocycles. The van der Waals surface area contributed by atoms with Gasteiger partial charge in [0.05, 0.1) is 38.4 Å². The maximum atomic E-state index is 13.2. The highest BCUT2D eigenvalue weighted by atomic mass is 35.5. The Morgan fingerprint density at radius 2 is 1.73 bits per heavy atom. The van der Waals surface area contributed by atoms with Gasteiger partial charge in [0.25, 0.3) is 10.0 Å². The van der Waals surface area contributed by atoms with Gasteiger partial charge in [-0.05, 0) is 55.8 Å². The van der Waals surface area contributed by atoms with E-state index in [-0.39, 0.29) is 27.2 Å². The molecule has 0 aliphatic carbocycles. The van der Waals surface area contributed by atoms with Gasteiger partial charge in [0, 0.05) is 5.69 Å². The fourth-order valence-corrected chi connectivity index (χ4v) is 4.31. The van der Waals surface area contributed by atoms with Gasteiger partial charge in [-0.3, -0.25) is 9.40 Å². The first-order valence-corrected chi connectivity index (χ1v) is 10.8. The maximum Gasteiger partial charge on any atom is 0.416 e. The van der Waals surface area contributed by atoms with Crippen LogP contribution in [-0.2, 0) is 22.7 Å². The summed E-state index contributed by atoms with van der Waals surface area (Å²) in [5.74, 6) is 0. The maximum absolute atomic E-state index is 13.2. The number of alkyl halides is 3. The summed E-state index contributed by atoms with van der Waals surface area (Å²) in [6, 6.07) is 8.33. The molecule has 0 saturated heterocycles. The van der Waals surface area contributed by atoms with Crippen molar-refractivity contribution in [3.8, 4) is 0 Å². The van der Waals surface area contributed by atoms with Gasteiger partial charge in [-0.25, -0.2) is 8.42 Å². The average Bonchev–Trinajstić information content (AvgIpc) is 2.94. The zero-order chi connectivity index (χ0) is 22.3. The lowest BCUT2D eigenvalue weighted by atomic mass is 10.1. The molecule has 0 aliphatic rings. The first-order chi connectivity index (χ1) is 13.9. The monoisotopic (exact) mass is 477 g/mol. The number of aromatic nitrogens is 2. The van der Waals surface area contributed by atoms with Crippen molar-refractivity contribution >= 4 is 38.9 Å². The van der Waals surface area contributed by atoms with Gasteiger partial charge in [-0.15, -0.1) is 0 Å². The zero-order valence-corrected chi connectivity index (χ0v) is 18.1. The Labute approximate surface area is 181 Å². The van der Waals surface area contributed by atoms with Crippen molar-refractivity contribution in [2.75, 3.05) is 4.72 Å². The molecule has 0 unspecified atom stereocenters. The molecule has 1 aromatic heterocycles. The quantitative estimate of drug-likeness (QED) is 0.514. The van der Waals surface area contributed by atoms with Crippen LogP contribution in [0.15, 0.2) is 47.4 Å². The van der Waals surface area contributed by atoms with Crippen LogP contribution in [0.2, 0.25) is 10.0 Å². The van der Waals surface area contributed by atoms with Crippen LogP contribution in [0.3, 0.4) is 0 Å². The van der Waals surface area contributed by atoms with Crippen molar-refractivity contribution in [1.82, 2.24) is 9.78 Å². The first kappa shape index (κ1) is 22.5. The second-order valence-electron chi connectivity index (χ2n) is 6.64. The summed E-state index contributed by atoms with van der Waals surface area (Å²) in [6.07, 6.45) is -4.64. The van der Waals surface area contributed by atoms with E-state index in [1.54, 1.807) is 18.5 Å². The van der Waals surface area contributed by atoms with E-state index in [1.807, 2.05) is 6.07 Å². The van der Waals surface area contributed by atoms with Gasteiger partial charge in [-0.1, -0.05) is 29.3 Å². The van der Waals surface area contributed by atoms with E-state index in [2.05, 4.69) is 9.82 Å². The average molecular weight is 478 g/mol. The van der Waals surface area contributed by atoms with E-state index < -0.39 is 21.8 Å². The number of halogens is 5. The van der Waals surface area contributed by atoms with Crippen molar-refractivity contribution in [2.45, 2.75) is 31.5 Å². The largest absolute Gasteiger partial charge is 0.416 e. The summed E-state index contributed by atoms with van der Waals surface area (Å²) in [5.41, 5.74) is 0.649. The van der Waals surface area contributed by atoms with Crippen molar-refractivity contribution in [3.05, 3.63) is 75.0 Å². The summed E-state index contributed by atoms with van der Waals surface area (Å²) in [4.78, 5) is -0.230. The lowest BCUT2D eigenvalue weighted by molar-refractivity contribution is -0.137. The van der Waals surface area contributed by atoms with Crippen molar-refractivity contribution in [3.63, 3.8) is 0 Å². The van der Waals surface area contributed by atoms with Crippen molar-refractivity contribution in [1.29, 1.82) is 0 Å². The normalized spacial score (nSPS) is 12.2. The van der Waals surface area contributed by atoms with Crippen molar-refractivity contribution in [2.24, 2.45) is 0 Å². The van der Waals surface area contributed by atoms with E-state index in [0.29, 0.717) is 5.56 Å². The minimum absolute atomic E-state index is 0.00597. The molecule has 30 heavy (non-hydrogen) atoms. The van der Waals surface area contributed by atoms with Crippen LogP contribution < -0.4 is 4.72 Å². The third-order valence-electron chi connectivity index (χ3n) is 4.31. The number of sulfonamides is 1. The number of nitrogens with one attached hydrogen (secondary N) is 1. The molecular formula is C19H16Cl2F3N3O2S.